The Kier molecular flexibility index (Phi) is 4.32. The molecular formula is C13H13BrN2O3S. The van der Waals surface area contributed by atoms with Gasteiger partial charge in [0.2, 0.25) is 10.0 Å². The smallest absolute Gasteiger partial charge is 0.241 e. The Labute approximate surface area is 125 Å². The summed E-state index contributed by atoms with van der Waals surface area (Å²) in [6, 6.07) is 11.8. The first-order valence-electron chi connectivity index (χ1n) is 5.66. The van der Waals surface area contributed by atoms with Gasteiger partial charge in [-0.3, -0.25) is 0 Å². The highest BCUT2D eigenvalue weighted by atomic mass is 79.9. The molecule has 5 nitrogen and oxygen atoms in total. The van der Waals surface area contributed by atoms with Crippen LogP contribution in [0.25, 0.3) is 0 Å². The Balaban J connectivity index is 2.23. The first kappa shape index (κ1) is 14.8. The number of benzene rings is 2. The van der Waals surface area contributed by atoms with E-state index < -0.39 is 10.0 Å². The van der Waals surface area contributed by atoms with Crippen molar-refractivity contribution in [3.8, 4) is 5.75 Å². The molecular weight excluding hydrogens is 344 g/mol. The number of hydrogen-bond acceptors (Lipinski definition) is 4. The molecule has 106 valence electrons. The Hall–Kier alpha value is -1.57. The van der Waals surface area contributed by atoms with Crippen molar-refractivity contribution >= 4 is 31.6 Å². The molecule has 0 radical (unpaired) electrons. The highest BCUT2D eigenvalue weighted by Crippen LogP contribution is 2.26. The number of anilines is 1. The fraction of sp³-hybridized carbons (Fsp3) is 0.0769. The van der Waals surface area contributed by atoms with E-state index in [1.807, 2.05) is 24.3 Å². The number of primary sulfonamides is 1. The largest absolute Gasteiger partial charge is 0.487 e. The average molecular weight is 357 g/mol. The van der Waals surface area contributed by atoms with E-state index >= 15 is 0 Å². The van der Waals surface area contributed by atoms with Crippen LogP contribution in [0.1, 0.15) is 5.56 Å². The van der Waals surface area contributed by atoms with Crippen LogP contribution < -0.4 is 15.6 Å². The van der Waals surface area contributed by atoms with Gasteiger partial charge in [-0.05, 0) is 35.9 Å². The number of nitrogen functional groups attached to an aromatic ring is 1. The van der Waals surface area contributed by atoms with Crippen LogP contribution in [-0.4, -0.2) is 8.42 Å². The monoisotopic (exact) mass is 356 g/mol. The third kappa shape index (κ3) is 3.72. The lowest BCUT2D eigenvalue weighted by Crippen LogP contribution is -2.14. The van der Waals surface area contributed by atoms with Crippen LogP contribution >= 0.6 is 15.9 Å². The van der Waals surface area contributed by atoms with Gasteiger partial charge in [0.05, 0.1) is 0 Å². The molecule has 0 amide bonds. The van der Waals surface area contributed by atoms with Crippen molar-refractivity contribution in [1.29, 1.82) is 0 Å². The second-order valence-electron chi connectivity index (χ2n) is 4.17. The van der Waals surface area contributed by atoms with Gasteiger partial charge in [0.15, 0.2) is 0 Å². The van der Waals surface area contributed by atoms with Gasteiger partial charge >= 0.3 is 0 Å². The third-order valence-electron chi connectivity index (χ3n) is 2.58. The highest BCUT2D eigenvalue weighted by Gasteiger charge is 2.15. The lowest BCUT2D eigenvalue weighted by Gasteiger charge is -2.11. The minimum absolute atomic E-state index is 0.116. The van der Waals surface area contributed by atoms with E-state index in [2.05, 4.69) is 15.9 Å². The molecule has 0 atom stereocenters. The molecule has 4 N–H and O–H groups in total. The summed E-state index contributed by atoms with van der Waals surface area (Å²) in [6.07, 6.45) is 0. The summed E-state index contributed by atoms with van der Waals surface area (Å²) < 4.78 is 29.5. The molecule has 0 aliphatic rings. The molecule has 0 aliphatic heterocycles. The molecule has 0 spiro atoms. The molecule has 0 bridgehead atoms. The summed E-state index contributed by atoms with van der Waals surface area (Å²) in [5.74, 6) is 0.185. The third-order valence-corrected chi connectivity index (χ3v) is 4.04. The lowest BCUT2D eigenvalue weighted by atomic mass is 10.2. The summed E-state index contributed by atoms with van der Waals surface area (Å²) >= 11 is 3.34. The molecule has 0 fully saturated rings. The number of nitrogens with two attached hydrogens (primary N) is 2. The van der Waals surface area contributed by atoms with Gasteiger partial charge in [0.1, 0.15) is 17.3 Å². The molecule has 0 heterocycles. The van der Waals surface area contributed by atoms with Crippen LogP contribution in [0.5, 0.6) is 5.75 Å². The van der Waals surface area contributed by atoms with Gasteiger partial charge in [-0.15, -0.1) is 0 Å². The van der Waals surface area contributed by atoms with E-state index in [4.69, 9.17) is 15.6 Å². The maximum atomic E-state index is 11.5. The van der Waals surface area contributed by atoms with Gasteiger partial charge < -0.3 is 10.5 Å². The van der Waals surface area contributed by atoms with Gasteiger partial charge in [-0.2, -0.15) is 0 Å². The van der Waals surface area contributed by atoms with Crippen molar-refractivity contribution < 1.29 is 13.2 Å². The van der Waals surface area contributed by atoms with E-state index in [1.54, 1.807) is 6.07 Å². The van der Waals surface area contributed by atoms with E-state index in [0.29, 0.717) is 5.69 Å². The molecule has 7 heteroatoms. The summed E-state index contributed by atoms with van der Waals surface area (Å²) in [4.78, 5) is -0.116. The first-order valence-corrected chi connectivity index (χ1v) is 8.00. The van der Waals surface area contributed by atoms with Crippen molar-refractivity contribution in [2.45, 2.75) is 11.5 Å². The predicted molar refractivity (Wildman–Crippen MR) is 80.7 cm³/mol. The first-order chi connectivity index (χ1) is 9.36. The van der Waals surface area contributed by atoms with Crippen LogP contribution in [0, 0.1) is 0 Å². The summed E-state index contributed by atoms with van der Waals surface area (Å²) in [7, 11) is -3.88. The summed E-state index contributed by atoms with van der Waals surface area (Å²) in [5.41, 5.74) is 6.79. The topological polar surface area (TPSA) is 95.4 Å². The molecule has 0 saturated carbocycles. The number of halogens is 1. The summed E-state index contributed by atoms with van der Waals surface area (Å²) in [6.45, 7) is 0.236. The van der Waals surface area contributed by atoms with Gasteiger partial charge in [0, 0.05) is 10.2 Å². The van der Waals surface area contributed by atoms with E-state index in [1.165, 1.54) is 12.1 Å². The Bertz CT molecular complexity index is 715. The quantitative estimate of drug-likeness (QED) is 0.821. The van der Waals surface area contributed by atoms with Crippen molar-refractivity contribution in [2.75, 3.05) is 5.73 Å². The Morgan fingerprint density at radius 3 is 2.35 bits per heavy atom. The molecule has 2 aromatic rings. The van der Waals surface area contributed by atoms with E-state index in [9.17, 15) is 8.42 Å². The highest BCUT2D eigenvalue weighted by molar-refractivity contribution is 9.10. The van der Waals surface area contributed by atoms with Crippen LogP contribution in [-0.2, 0) is 16.6 Å². The van der Waals surface area contributed by atoms with E-state index in [0.717, 1.165) is 10.0 Å². The van der Waals surface area contributed by atoms with Crippen LogP contribution in [0.2, 0.25) is 0 Å². The summed E-state index contributed by atoms with van der Waals surface area (Å²) in [5, 5.41) is 5.15. The number of ether oxygens (including phenoxy) is 1. The molecule has 0 unspecified atom stereocenters. The zero-order valence-corrected chi connectivity index (χ0v) is 12.8. The SMILES string of the molecule is Nc1ccc(OCc2ccc(Br)cc2)c(S(N)(=O)=O)c1. The predicted octanol–water partition coefficient (Wildman–Crippen LogP) is 2.26. The second kappa shape index (κ2) is 5.82. The van der Waals surface area contributed by atoms with Gasteiger partial charge in [-0.25, -0.2) is 13.6 Å². The van der Waals surface area contributed by atoms with Crippen LogP contribution in [0.3, 0.4) is 0 Å². The fourth-order valence-corrected chi connectivity index (χ4v) is 2.58. The van der Waals surface area contributed by atoms with Crippen molar-refractivity contribution in [3.05, 3.63) is 52.5 Å². The Morgan fingerprint density at radius 1 is 1.10 bits per heavy atom. The average Bonchev–Trinajstić information content (AvgIpc) is 2.38. The fourth-order valence-electron chi connectivity index (χ4n) is 1.61. The zero-order valence-electron chi connectivity index (χ0n) is 10.4. The molecule has 0 aliphatic carbocycles. The minimum atomic E-state index is -3.88. The van der Waals surface area contributed by atoms with Crippen LogP contribution in [0.15, 0.2) is 51.8 Å². The molecule has 0 aromatic heterocycles. The molecule has 2 rings (SSSR count). The number of hydrogen-bond donors (Lipinski definition) is 2. The number of rotatable bonds is 4. The minimum Gasteiger partial charge on any atom is -0.487 e. The molecule has 0 saturated heterocycles. The Morgan fingerprint density at radius 2 is 1.75 bits per heavy atom. The van der Waals surface area contributed by atoms with Crippen LogP contribution in [0.4, 0.5) is 5.69 Å². The maximum Gasteiger partial charge on any atom is 0.241 e. The zero-order chi connectivity index (χ0) is 14.8. The van der Waals surface area contributed by atoms with Crippen molar-refractivity contribution in [2.24, 2.45) is 5.14 Å². The normalized spacial score (nSPS) is 11.3. The second-order valence-corrected chi connectivity index (χ2v) is 6.61. The van der Waals surface area contributed by atoms with Gasteiger partial charge in [-0.1, -0.05) is 28.1 Å². The maximum absolute atomic E-state index is 11.5. The van der Waals surface area contributed by atoms with Crippen molar-refractivity contribution in [3.63, 3.8) is 0 Å². The standard InChI is InChI=1S/C13H13BrN2O3S/c14-10-3-1-9(2-4-10)8-19-12-6-5-11(15)7-13(12)20(16,17)18/h1-7H,8,15H2,(H2,16,17,18). The number of sulfonamides is 1. The molecule has 2 aromatic carbocycles. The van der Waals surface area contributed by atoms with E-state index in [-0.39, 0.29) is 17.3 Å². The molecule has 20 heavy (non-hydrogen) atoms. The lowest BCUT2D eigenvalue weighted by molar-refractivity contribution is 0.298. The van der Waals surface area contributed by atoms with Crippen molar-refractivity contribution in [1.82, 2.24) is 0 Å². The van der Waals surface area contributed by atoms with Gasteiger partial charge in [0.25, 0.3) is 0 Å².